The van der Waals surface area contributed by atoms with E-state index in [-0.39, 0.29) is 18.4 Å². The summed E-state index contributed by atoms with van der Waals surface area (Å²) in [5.41, 5.74) is 2.37. The van der Waals surface area contributed by atoms with E-state index in [1.807, 2.05) is 39.0 Å². The molecule has 9 heteroatoms. The summed E-state index contributed by atoms with van der Waals surface area (Å²) < 4.78 is 3.54. The molecule has 1 N–H and O–H groups in total. The lowest BCUT2D eigenvalue weighted by Gasteiger charge is -2.37. The van der Waals surface area contributed by atoms with E-state index in [0.717, 1.165) is 11.1 Å². The normalized spacial score (nSPS) is 14.2. The van der Waals surface area contributed by atoms with Crippen LogP contribution in [0.4, 0.5) is 4.79 Å². The number of hydrogen-bond acceptors (Lipinski definition) is 3. The Hall–Kier alpha value is -2.58. The van der Waals surface area contributed by atoms with E-state index in [2.05, 4.69) is 15.9 Å². The molecule has 1 amide bonds. The van der Waals surface area contributed by atoms with Gasteiger partial charge >= 0.3 is 17.2 Å². The summed E-state index contributed by atoms with van der Waals surface area (Å²) in [5.74, 6) is 0.0939. The molecule has 1 aliphatic rings. The molecule has 2 heterocycles. The van der Waals surface area contributed by atoms with Gasteiger partial charge in [0.15, 0.2) is 0 Å². The van der Waals surface area contributed by atoms with Gasteiger partial charge in [0.25, 0.3) is 0 Å². The van der Waals surface area contributed by atoms with Gasteiger partial charge in [-0.25, -0.2) is 4.79 Å². The highest BCUT2D eigenvalue weighted by Gasteiger charge is 2.32. The summed E-state index contributed by atoms with van der Waals surface area (Å²) in [7, 11) is 0. The van der Waals surface area contributed by atoms with E-state index in [0.29, 0.717) is 39.3 Å². The summed E-state index contributed by atoms with van der Waals surface area (Å²) in [6.45, 7) is 6.91. The molecule has 0 spiro atoms. The van der Waals surface area contributed by atoms with Crippen LogP contribution in [-0.4, -0.2) is 38.3 Å². The number of amides is 1. The Morgan fingerprint density at radius 2 is 1.88 bits per heavy atom. The van der Waals surface area contributed by atoms with Crippen LogP contribution >= 0.6 is 27.5 Å². The Morgan fingerprint density at radius 1 is 1.19 bits per heavy atom. The number of aromatic nitrogens is 2. The van der Waals surface area contributed by atoms with Crippen LogP contribution in [0.15, 0.2) is 44.4 Å². The van der Waals surface area contributed by atoms with E-state index >= 15 is 0 Å². The van der Waals surface area contributed by atoms with Crippen LogP contribution in [0.25, 0.3) is 16.7 Å². The van der Waals surface area contributed by atoms with Crippen molar-refractivity contribution < 1.29 is 9.90 Å². The first kappa shape index (κ1) is 22.6. The highest BCUT2D eigenvalue weighted by atomic mass is 79.9. The third kappa shape index (κ3) is 3.75. The monoisotopic (exact) mass is 519 g/mol. The minimum Gasteiger partial charge on any atom is -0.465 e. The Kier molecular flexibility index (Phi) is 5.94. The van der Waals surface area contributed by atoms with E-state index in [1.54, 1.807) is 12.1 Å². The lowest BCUT2D eigenvalue weighted by molar-refractivity contribution is 0.0748. The third-order valence-corrected chi connectivity index (χ3v) is 7.16. The van der Waals surface area contributed by atoms with E-state index < -0.39 is 17.2 Å². The molecular weight excluding hydrogens is 498 g/mol. The van der Waals surface area contributed by atoms with E-state index in [1.165, 1.54) is 14.0 Å². The van der Waals surface area contributed by atoms with Gasteiger partial charge in [0.1, 0.15) is 0 Å². The molecular formula is C23H23BrClN3O4. The number of rotatable bonds is 4. The first-order valence-corrected chi connectivity index (χ1v) is 11.5. The topological polar surface area (TPSA) is 84.5 Å². The van der Waals surface area contributed by atoms with Crippen molar-refractivity contribution in [1.82, 2.24) is 14.0 Å². The van der Waals surface area contributed by atoms with Gasteiger partial charge in [-0.3, -0.25) is 14.2 Å². The molecule has 1 saturated heterocycles. The van der Waals surface area contributed by atoms with E-state index in [4.69, 9.17) is 16.7 Å². The molecule has 1 aromatic heterocycles. The SMILES string of the molecule is Cc1cccc(C(C)C)c1-n1c(=O)c(=O)n(CC2CN(C(=O)O)C2)c2cc(Cl)c(Br)cc21. The molecule has 32 heavy (non-hydrogen) atoms. The maximum absolute atomic E-state index is 13.5. The van der Waals surface area contributed by atoms with Crippen LogP contribution in [0.2, 0.25) is 5.02 Å². The first-order valence-electron chi connectivity index (χ1n) is 10.3. The molecule has 3 aromatic rings. The van der Waals surface area contributed by atoms with Crippen molar-refractivity contribution in [2.75, 3.05) is 13.1 Å². The first-order chi connectivity index (χ1) is 15.1. The summed E-state index contributed by atoms with van der Waals surface area (Å²) in [5, 5.41) is 9.52. The minimum atomic E-state index is -0.985. The number of nitrogens with zero attached hydrogens (tertiary/aromatic N) is 3. The fourth-order valence-electron chi connectivity index (χ4n) is 4.31. The van der Waals surface area contributed by atoms with Gasteiger partial charge in [-0.2, -0.15) is 0 Å². The quantitative estimate of drug-likeness (QED) is 0.509. The fourth-order valence-corrected chi connectivity index (χ4v) is 4.80. The zero-order valence-corrected chi connectivity index (χ0v) is 20.3. The molecule has 0 bridgehead atoms. The second kappa shape index (κ2) is 8.41. The molecule has 7 nitrogen and oxygen atoms in total. The van der Waals surface area contributed by atoms with Gasteiger partial charge in [0.05, 0.1) is 21.7 Å². The number of fused-ring (bicyclic) bond motifs is 1. The zero-order valence-electron chi connectivity index (χ0n) is 17.9. The number of carbonyl (C=O) groups is 1. The molecule has 0 atom stereocenters. The number of benzene rings is 2. The van der Waals surface area contributed by atoms with Gasteiger partial charge in [-0.1, -0.05) is 43.6 Å². The summed E-state index contributed by atoms with van der Waals surface area (Å²) in [6, 6.07) is 9.27. The minimum absolute atomic E-state index is 0.0469. The maximum atomic E-state index is 13.5. The number of carboxylic acid groups (broad SMARTS) is 1. The van der Waals surface area contributed by atoms with Gasteiger partial charge in [0.2, 0.25) is 0 Å². The standard InChI is InChI=1S/C23H23BrClN3O4/c1-12(2)15-6-4-5-13(3)20(15)28-19-7-16(24)17(25)8-18(19)27(21(29)22(28)30)11-14-9-26(10-14)23(31)32/h4-8,12,14H,9-11H2,1-3H3,(H,31,32). The molecule has 2 aromatic carbocycles. The lowest BCUT2D eigenvalue weighted by Crippen LogP contribution is -2.52. The van der Waals surface area contributed by atoms with Crippen molar-refractivity contribution in [3.63, 3.8) is 0 Å². The molecule has 0 saturated carbocycles. The summed E-state index contributed by atoms with van der Waals surface area (Å²) >= 11 is 9.83. The lowest BCUT2D eigenvalue weighted by atomic mass is 9.97. The van der Waals surface area contributed by atoms with Gasteiger partial charge < -0.3 is 14.6 Å². The second-order valence-corrected chi connectivity index (χ2v) is 9.79. The van der Waals surface area contributed by atoms with Crippen LogP contribution in [0.5, 0.6) is 0 Å². The Bertz CT molecular complexity index is 1360. The van der Waals surface area contributed by atoms with Gasteiger partial charge in [-0.15, -0.1) is 0 Å². The highest BCUT2D eigenvalue weighted by molar-refractivity contribution is 9.10. The van der Waals surface area contributed by atoms with Crippen molar-refractivity contribution in [1.29, 1.82) is 0 Å². The molecule has 168 valence electrons. The Balaban J connectivity index is 1.99. The molecule has 0 aliphatic carbocycles. The number of para-hydroxylation sites is 1. The summed E-state index contributed by atoms with van der Waals surface area (Å²) in [4.78, 5) is 39.1. The molecule has 0 radical (unpaired) electrons. The van der Waals surface area contributed by atoms with Crippen molar-refractivity contribution in [3.8, 4) is 5.69 Å². The van der Waals surface area contributed by atoms with Crippen LogP contribution < -0.4 is 11.1 Å². The zero-order chi connectivity index (χ0) is 23.3. The van der Waals surface area contributed by atoms with Crippen molar-refractivity contribution in [2.24, 2.45) is 5.92 Å². The fraction of sp³-hybridized carbons (Fsp3) is 0.348. The maximum Gasteiger partial charge on any atom is 0.407 e. The second-order valence-electron chi connectivity index (χ2n) is 8.53. The van der Waals surface area contributed by atoms with Crippen LogP contribution in [0, 0.1) is 12.8 Å². The highest BCUT2D eigenvalue weighted by Crippen LogP contribution is 2.32. The smallest absolute Gasteiger partial charge is 0.407 e. The number of hydrogen-bond donors (Lipinski definition) is 1. The van der Waals surface area contributed by atoms with Gasteiger partial charge in [0, 0.05) is 30.0 Å². The van der Waals surface area contributed by atoms with Crippen molar-refractivity contribution in [2.45, 2.75) is 33.2 Å². The Morgan fingerprint density at radius 3 is 2.50 bits per heavy atom. The van der Waals surface area contributed by atoms with Crippen molar-refractivity contribution in [3.05, 3.63) is 71.7 Å². The molecule has 4 rings (SSSR count). The molecule has 0 unspecified atom stereocenters. The van der Waals surface area contributed by atoms with Gasteiger partial charge in [-0.05, 0) is 52.0 Å². The van der Waals surface area contributed by atoms with Crippen LogP contribution in [-0.2, 0) is 6.54 Å². The predicted molar refractivity (Wildman–Crippen MR) is 128 cm³/mol. The van der Waals surface area contributed by atoms with E-state index in [9.17, 15) is 14.4 Å². The van der Waals surface area contributed by atoms with Crippen LogP contribution in [0.3, 0.4) is 0 Å². The Labute approximate surface area is 198 Å². The molecule has 1 fully saturated rings. The average Bonchev–Trinajstić information content (AvgIpc) is 2.69. The summed E-state index contributed by atoms with van der Waals surface area (Å²) in [6.07, 6.45) is -0.985. The predicted octanol–water partition coefficient (Wildman–Crippen LogP) is 4.61. The number of likely N-dealkylation sites (tertiary alicyclic amines) is 1. The van der Waals surface area contributed by atoms with Crippen molar-refractivity contribution >= 4 is 44.7 Å². The number of aryl methyl sites for hydroxylation is 1. The molecule has 1 aliphatic heterocycles. The number of halogens is 2. The third-order valence-electron chi connectivity index (χ3n) is 5.96. The largest absolute Gasteiger partial charge is 0.465 e. The average molecular weight is 521 g/mol. The van der Waals surface area contributed by atoms with Crippen LogP contribution in [0.1, 0.15) is 30.9 Å².